The molecule has 0 bridgehead atoms. The Morgan fingerprint density at radius 2 is 0.780 bits per heavy atom. The lowest BCUT2D eigenvalue weighted by atomic mass is 10.0. The van der Waals surface area contributed by atoms with Crippen molar-refractivity contribution >= 4 is 11.8 Å². The molecule has 0 saturated carbocycles. The van der Waals surface area contributed by atoms with Crippen molar-refractivity contribution in [1.82, 2.24) is 9.80 Å². The highest BCUT2D eigenvalue weighted by Gasteiger charge is 2.36. The second kappa shape index (κ2) is 27.2. The summed E-state index contributed by atoms with van der Waals surface area (Å²) in [5.41, 5.74) is 0. The van der Waals surface area contributed by atoms with Gasteiger partial charge in [-0.25, -0.2) is 0 Å². The van der Waals surface area contributed by atoms with Crippen LogP contribution in [0.25, 0.3) is 0 Å². The van der Waals surface area contributed by atoms with E-state index in [9.17, 15) is 50.4 Å². The second-order valence-corrected chi connectivity index (χ2v) is 14.4. The van der Waals surface area contributed by atoms with Gasteiger partial charge >= 0.3 is 0 Å². The Hall–Kier alpha value is -1.50. The van der Waals surface area contributed by atoms with Gasteiger partial charge in [0.05, 0.1) is 26.8 Å². The molecule has 8 atom stereocenters. The van der Waals surface area contributed by atoms with E-state index in [0.717, 1.165) is 41.9 Å². The highest BCUT2D eigenvalue weighted by atomic mass is 16.4. The predicted octanol–water partition coefficient (Wildman–Crippen LogP) is -1.30. The van der Waals surface area contributed by atoms with Gasteiger partial charge in [-0.2, -0.15) is 0 Å². The van der Waals surface area contributed by atoms with Gasteiger partial charge in [0, 0.05) is 27.2 Å². The molecule has 0 spiro atoms. The predicted molar refractivity (Wildman–Crippen MR) is 189 cm³/mol. The van der Waals surface area contributed by atoms with E-state index in [1.54, 1.807) is 7.05 Å². The quantitative estimate of drug-likeness (QED) is 0.0296. The minimum absolute atomic E-state index is 0.0282. The van der Waals surface area contributed by atoms with Crippen molar-refractivity contribution in [2.24, 2.45) is 0 Å². The van der Waals surface area contributed by atoms with Crippen LogP contribution in [0, 0.1) is 0 Å². The molecule has 0 saturated heterocycles. The number of hydrogen-bond donors (Lipinski definition) is 10. The number of nitrogens with zero attached hydrogens (tertiary/aromatic N) is 3. The monoisotopic (exact) mass is 727 g/mol. The van der Waals surface area contributed by atoms with E-state index in [4.69, 9.17) is 10.2 Å². The van der Waals surface area contributed by atoms with E-state index < -0.39 is 86.9 Å². The summed E-state index contributed by atoms with van der Waals surface area (Å²) in [6.45, 7) is -0.104. The standard InChI is InChI=1S/C35H72N3O12/c1-5-6-7-8-9-10-11-12-13-14-15-16-17-18-19-38(4,22-30(45)36(2)20-26(41)32(47)34(49)28(43)24-39)23-31(46)37(3)21-27(42)33(48)35(50)29(44)25-40/h26-29,32-35,39-44,47-50H,5-25H2,1-4H3/q+1. The summed E-state index contributed by atoms with van der Waals surface area (Å²) < 4.78 is -0.0282. The molecule has 15 nitrogen and oxygen atoms in total. The highest BCUT2D eigenvalue weighted by molar-refractivity contribution is 5.79. The van der Waals surface area contributed by atoms with Gasteiger partial charge in [0.1, 0.15) is 48.8 Å². The second-order valence-electron chi connectivity index (χ2n) is 14.4. The summed E-state index contributed by atoms with van der Waals surface area (Å²) in [4.78, 5) is 28.9. The van der Waals surface area contributed by atoms with E-state index in [2.05, 4.69) is 6.92 Å². The van der Waals surface area contributed by atoms with Crippen LogP contribution in [0.1, 0.15) is 96.8 Å². The first kappa shape index (κ1) is 48.5. The Morgan fingerprint density at radius 3 is 1.08 bits per heavy atom. The normalized spacial score (nSPS) is 18.0. The molecule has 15 heteroatoms. The topological polar surface area (TPSA) is 243 Å². The average Bonchev–Trinajstić information content (AvgIpc) is 3.09. The maximum atomic E-state index is 13.3. The van der Waals surface area contributed by atoms with Crippen molar-refractivity contribution in [3.05, 3.63) is 0 Å². The minimum atomic E-state index is -1.84. The van der Waals surface area contributed by atoms with Crippen LogP contribution in [-0.4, -0.2) is 193 Å². The van der Waals surface area contributed by atoms with Gasteiger partial charge in [-0.05, 0) is 12.8 Å². The largest absolute Gasteiger partial charge is 0.394 e. The number of quaternary nitrogens is 1. The number of aliphatic hydroxyl groups excluding tert-OH is 10. The maximum absolute atomic E-state index is 13.3. The number of hydrogen-bond acceptors (Lipinski definition) is 12. The fourth-order valence-corrected chi connectivity index (χ4v) is 5.90. The Labute approximate surface area is 299 Å². The molecule has 298 valence electrons. The number of carbonyl (C=O) groups excluding carboxylic acids is 2. The Balaban J connectivity index is 5.23. The molecule has 0 aromatic rings. The average molecular weight is 727 g/mol. The van der Waals surface area contributed by atoms with Crippen LogP contribution < -0.4 is 0 Å². The summed E-state index contributed by atoms with van der Waals surface area (Å²) in [7, 11) is 4.52. The Bertz CT molecular complexity index is 838. The molecular weight excluding hydrogens is 654 g/mol. The molecule has 50 heavy (non-hydrogen) atoms. The van der Waals surface area contributed by atoms with Crippen LogP contribution in [0.15, 0.2) is 0 Å². The Morgan fingerprint density at radius 1 is 0.500 bits per heavy atom. The van der Waals surface area contributed by atoms with Crippen LogP contribution in [0.4, 0.5) is 0 Å². The zero-order valence-corrected chi connectivity index (χ0v) is 31.1. The van der Waals surface area contributed by atoms with E-state index in [0.29, 0.717) is 6.54 Å². The van der Waals surface area contributed by atoms with Gasteiger partial charge < -0.3 is 65.3 Å². The molecule has 0 aliphatic heterocycles. The van der Waals surface area contributed by atoms with Gasteiger partial charge in [0.25, 0.3) is 11.8 Å². The smallest absolute Gasteiger partial charge is 0.277 e. The van der Waals surface area contributed by atoms with Crippen molar-refractivity contribution in [2.75, 3.05) is 67.1 Å². The number of aliphatic hydroxyl groups is 10. The molecule has 0 aromatic heterocycles. The van der Waals surface area contributed by atoms with Gasteiger partial charge in [-0.3, -0.25) is 9.59 Å². The van der Waals surface area contributed by atoms with E-state index in [-0.39, 0.29) is 17.6 Å². The zero-order valence-electron chi connectivity index (χ0n) is 31.1. The lowest BCUT2D eigenvalue weighted by Gasteiger charge is -2.37. The molecule has 0 rings (SSSR count). The van der Waals surface area contributed by atoms with Crippen LogP contribution in [-0.2, 0) is 9.59 Å². The number of rotatable bonds is 31. The van der Waals surface area contributed by atoms with Crippen LogP contribution >= 0.6 is 0 Å². The molecule has 0 aliphatic carbocycles. The third-order valence-corrected chi connectivity index (χ3v) is 9.51. The highest BCUT2D eigenvalue weighted by Crippen LogP contribution is 2.16. The molecule has 0 heterocycles. The van der Waals surface area contributed by atoms with E-state index >= 15 is 0 Å². The lowest BCUT2D eigenvalue weighted by Crippen LogP contribution is -2.57. The van der Waals surface area contributed by atoms with Crippen LogP contribution in [0.3, 0.4) is 0 Å². The van der Waals surface area contributed by atoms with Crippen LogP contribution in [0.2, 0.25) is 0 Å². The first-order valence-corrected chi connectivity index (χ1v) is 18.5. The molecule has 0 radical (unpaired) electrons. The molecule has 0 aliphatic rings. The van der Waals surface area contributed by atoms with Crippen LogP contribution in [0.5, 0.6) is 0 Å². The van der Waals surface area contributed by atoms with E-state index in [1.807, 2.05) is 0 Å². The lowest BCUT2D eigenvalue weighted by molar-refractivity contribution is -0.895. The number of amides is 2. The molecule has 10 N–H and O–H groups in total. The summed E-state index contributed by atoms with van der Waals surface area (Å²) >= 11 is 0. The first-order valence-electron chi connectivity index (χ1n) is 18.5. The zero-order chi connectivity index (χ0) is 38.3. The third-order valence-electron chi connectivity index (χ3n) is 9.51. The molecule has 2 amide bonds. The minimum Gasteiger partial charge on any atom is -0.394 e. The molecule has 0 aromatic carbocycles. The first-order chi connectivity index (χ1) is 23.5. The molecule has 0 fully saturated rings. The third kappa shape index (κ3) is 19.9. The molecular formula is C35H72N3O12+. The fourth-order valence-electron chi connectivity index (χ4n) is 5.90. The SMILES string of the molecule is CCCCCCCCCCCCCCCC[N+](C)(CC(=O)N(C)CC(O)C(O)C(O)C(O)CO)CC(=O)N(C)CC(O)C(O)C(O)C(O)CO. The fraction of sp³-hybridized carbons (Fsp3) is 0.943. The van der Waals surface area contributed by atoms with Crippen molar-refractivity contribution in [2.45, 2.75) is 146 Å². The van der Waals surface area contributed by atoms with Gasteiger partial charge in [-0.15, -0.1) is 0 Å². The van der Waals surface area contributed by atoms with Gasteiger partial charge in [0.15, 0.2) is 13.1 Å². The van der Waals surface area contributed by atoms with Gasteiger partial charge in [0.2, 0.25) is 0 Å². The van der Waals surface area contributed by atoms with Crippen molar-refractivity contribution in [3.63, 3.8) is 0 Å². The Kier molecular flexibility index (Phi) is 26.3. The summed E-state index contributed by atoms with van der Waals surface area (Å²) in [5, 5.41) is 98.2. The molecule has 8 unspecified atom stereocenters. The van der Waals surface area contributed by atoms with E-state index in [1.165, 1.54) is 71.9 Å². The number of carbonyl (C=O) groups is 2. The van der Waals surface area contributed by atoms with Crippen molar-refractivity contribution < 1.29 is 65.1 Å². The van der Waals surface area contributed by atoms with Gasteiger partial charge in [-0.1, -0.05) is 84.0 Å². The van der Waals surface area contributed by atoms with Crippen molar-refractivity contribution in [3.8, 4) is 0 Å². The summed E-state index contributed by atoms with van der Waals surface area (Å²) in [5.74, 6) is -0.929. The van der Waals surface area contributed by atoms with Crippen molar-refractivity contribution in [1.29, 1.82) is 0 Å². The maximum Gasteiger partial charge on any atom is 0.277 e. The summed E-state index contributed by atoms with van der Waals surface area (Å²) in [6.07, 6.45) is 2.46. The number of unbranched alkanes of at least 4 members (excludes halogenated alkanes) is 13. The number of likely N-dealkylation sites (N-methyl/N-ethyl adjacent to an activating group) is 3. The summed E-state index contributed by atoms with van der Waals surface area (Å²) in [6, 6.07) is 0.